The van der Waals surface area contributed by atoms with E-state index in [1.165, 1.54) is 11.3 Å². The Labute approximate surface area is 138 Å². The van der Waals surface area contributed by atoms with Crippen LogP contribution in [0.5, 0.6) is 0 Å². The number of aryl methyl sites for hydroxylation is 1. The quantitative estimate of drug-likeness (QED) is 0.882. The molecule has 1 atom stereocenters. The summed E-state index contributed by atoms with van der Waals surface area (Å²) in [4.78, 5) is 24.1. The minimum atomic E-state index is -0.170. The van der Waals surface area contributed by atoms with Gasteiger partial charge < -0.3 is 10.6 Å². The SMILES string of the molecule is CCc1nnc(NC(=O)CCC2Cc3ccccc3NC2=O)s1. The van der Waals surface area contributed by atoms with Gasteiger partial charge in [0.2, 0.25) is 16.9 Å². The highest BCUT2D eigenvalue weighted by Crippen LogP contribution is 2.27. The van der Waals surface area contributed by atoms with Crippen LogP contribution in [-0.4, -0.2) is 22.0 Å². The van der Waals surface area contributed by atoms with E-state index < -0.39 is 0 Å². The number of aromatic nitrogens is 2. The topological polar surface area (TPSA) is 84.0 Å². The second-order valence-corrected chi connectivity index (χ2v) is 6.55. The molecule has 1 aliphatic heterocycles. The standard InChI is InChI=1S/C16H18N4O2S/c1-2-14-19-20-16(23-14)18-13(21)8-7-11-9-10-5-3-4-6-12(10)17-15(11)22/h3-6,11H,2,7-9H2,1H3,(H,17,22)(H,18,20,21). The van der Waals surface area contributed by atoms with E-state index in [0.29, 0.717) is 24.4 Å². The third-order valence-electron chi connectivity index (χ3n) is 3.85. The van der Waals surface area contributed by atoms with E-state index in [1.807, 2.05) is 31.2 Å². The molecule has 0 radical (unpaired) electrons. The van der Waals surface area contributed by atoms with Crippen LogP contribution in [0.3, 0.4) is 0 Å². The van der Waals surface area contributed by atoms with Crippen LogP contribution >= 0.6 is 11.3 Å². The number of amides is 2. The summed E-state index contributed by atoms with van der Waals surface area (Å²) in [7, 11) is 0. The van der Waals surface area contributed by atoms with Crippen LogP contribution in [-0.2, 0) is 22.4 Å². The minimum Gasteiger partial charge on any atom is -0.326 e. The van der Waals surface area contributed by atoms with E-state index in [2.05, 4.69) is 20.8 Å². The van der Waals surface area contributed by atoms with E-state index in [0.717, 1.165) is 22.7 Å². The first-order valence-electron chi connectivity index (χ1n) is 7.66. The molecule has 2 aromatic rings. The summed E-state index contributed by atoms with van der Waals surface area (Å²) >= 11 is 1.38. The highest BCUT2D eigenvalue weighted by molar-refractivity contribution is 7.15. The third-order valence-corrected chi connectivity index (χ3v) is 4.83. The van der Waals surface area contributed by atoms with Gasteiger partial charge >= 0.3 is 0 Å². The summed E-state index contributed by atoms with van der Waals surface area (Å²) in [5.41, 5.74) is 1.99. The normalized spacial score (nSPS) is 16.6. The van der Waals surface area contributed by atoms with Gasteiger partial charge in [0.25, 0.3) is 0 Å². The summed E-state index contributed by atoms with van der Waals surface area (Å²) in [5, 5.41) is 14.9. The van der Waals surface area contributed by atoms with Crippen LogP contribution < -0.4 is 10.6 Å². The molecule has 0 bridgehead atoms. The van der Waals surface area contributed by atoms with Crippen molar-refractivity contribution in [2.45, 2.75) is 32.6 Å². The number of hydrogen-bond acceptors (Lipinski definition) is 5. The molecule has 2 amide bonds. The Balaban J connectivity index is 1.54. The fourth-order valence-corrected chi connectivity index (χ4v) is 3.28. The molecule has 1 unspecified atom stereocenters. The molecule has 0 aliphatic carbocycles. The molecule has 1 aliphatic rings. The number of benzene rings is 1. The molecule has 23 heavy (non-hydrogen) atoms. The van der Waals surface area contributed by atoms with E-state index in [9.17, 15) is 9.59 Å². The summed E-state index contributed by atoms with van der Waals surface area (Å²) in [6.45, 7) is 1.99. The van der Waals surface area contributed by atoms with E-state index >= 15 is 0 Å². The van der Waals surface area contributed by atoms with Gasteiger partial charge in [-0.3, -0.25) is 9.59 Å². The Morgan fingerprint density at radius 2 is 2.22 bits per heavy atom. The van der Waals surface area contributed by atoms with Crippen LogP contribution in [0, 0.1) is 5.92 Å². The second kappa shape index (κ2) is 6.87. The summed E-state index contributed by atoms with van der Waals surface area (Å²) in [6.07, 6.45) is 2.29. The summed E-state index contributed by atoms with van der Waals surface area (Å²) in [6, 6.07) is 7.77. The minimum absolute atomic E-state index is 0.0133. The fraction of sp³-hybridized carbons (Fsp3) is 0.375. The van der Waals surface area contributed by atoms with Gasteiger partial charge in [-0.25, -0.2) is 0 Å². The predicted octanol–water partition coefficient (Wildman–Crippen LogP) is 2.63. The zero-order chi connectivity index (χ0) is 16.2. The Morgan fingerprint density at radius 3 is 3.00 bits per heavy atom. The molecule has 7 heteroatoms. The van der Waals surface area contributed by atoms with E-state index in [1.54, 1.807) is 0 Å². The molecular formula is C16H18N4O2S. The number of nitrogens with one attached hydrogen (secondary N) is 2. The predicted molar refractivity (Wildman–Crippen MR) is 89.4 cm³/mol. The highest BCUT2D eigenvalue weighted by Gasteiger charge is 2.26. The zero-order valence-electron chi connectivity index (χ0n) is 12.8. The van der Waals surface area contributed by atoms with Crippen molar-refractivity contribution in [1.29, 1.82) is 0 Å². The van der Waals surface area contributed by atoms with Crippen molar-refractivity contribution in [3.8, 4) is 0 Å². The molecular weight excluding hydrogens is 312 g/mol. The molecule has 0 saturated heterocycles. The van der Waals surface area contributed by atoms with E-state index in [-0.39, 0.29) is 17.7 Å². The fourth-order valence-electron chi connectivity index (χ4n) is 2.58. The Kier molecular flexibility index (Phi) is 4.66. The van der Waals surface area contributed by atoms with Gasteiger partial charge in [0.1, 0.15) is 5.01 Å². The molecule has 1 aromatic heterocycles. The highest BCUT2D eigenvalue weighted by atomic mass is 32.1. The molecule has 2 N–H and O–H groups in total. The number of para-hydroxylation sites is 1. The van der Waals surface area contributed by atoms with Gasteiger partial charge in [0.05, 0.1) is 0 Å². The second-order valence-electron chi connectivity index (χ2n) is 5.49. The first kappa shape index (κ1) is 15.6. The molecule has 0 fully saturated rings. The summed E-state index contributed by atoms with van der Waals surface area (Å²) < 4.78 is 0. The number of anilines is 2. The van der Waals surface area contributed by atoms with Gasteiger partial charge in [0, 0.05) is 18.0 Å². The monoisotopic (exact) mass is 330 g/mol. The van der Waals surface area contributed by atoms with Crippen LogP contribution in [0.15, 0.2) is 24.3 Å². The van der Waals surface area contributed by atoms with Gasteiger partial charge in [-0.05, 0) is 30.9 Å². The van der Waals surface area contributed by atoms with Crippen molar-refractivity contribution in [2.75, 3.05) is 10.6 Å². The van der Waals surface area contributed by atoms with Gasteiger partial charge in [-0.1, -0.05) is 36.5 Å². The van der Waals surface area contributed by atoms with Crippen LogP contribution in [0.2, 0.25) is 0 Å². The number of fused-ring (bicyclic) bond motifs is 1. The molecule has 3 rings (SSSR count). The number of hydrogen-bond donors (Lipinski definition) is 2. The van der Waals surface area contributed by atoms with Crippen molar-refractivity contribution in [1.82, 2.24) is 10.2 Å². The Bertz CT molecular complexity index is 728. The number of rotatable bonds is 5. The summed E-state index contributed by atoms with van der Waals surface area (Å²) in [5.74, 6) is -0.313. The molecule has 0 spiro atoms. The van der Waals surface area contributed by atoms with Crippen LogP contribution in [0.25, 0.3) is 0 Å². The molecule has 1 aromatic carbocycles. The van der Waals surface area contributed by atoms with Gasteiger partial charge in [-0.2, -0.15) is 0 Å². The van der Waals surface area contributed by atoms with Crippen molar-refractivity contribution in [3.05, 3.63) is 34.8 Å². The zero-order valence-corrected chi connectivity index (χ0v) is 13.7. The van der Waals surface area contributed by atoms with Crippen molar-refractivity contribution in [2.24, 2.45) is 5.92 Å². The lowest BCUT2D eigenvalue weighted by molar-refractivity contribution is -0.121. The Hall–Kier alpha value is -2.28. The number of nitrogens with zero attached hydrogens (tertiary/aromatic N) is 2. The lowest BCUT2D eigenvalue weighted by Gasteiger charge is -2.24. The third kappa shape index (κ3) is 3.73. The number of carbonyl (C=O) groups is 2. The average Bonchev–Trinajstić information content (AvgIpc) is 3.00. The molecule has 2 heterocycles. The maximum Gasteiger partial charge on any atom is 0.227 e. The average molecular weight is 330 g/mol. The van der Waals surface area contributed by atoms with Crippen molar-refractivity contribution >= 4 is 34.0 Å². The van der Waals surface area contributed by atoms with Crippen molar-refractivity contribution < 1.29 is 9.59 Å². The first-order chi connectivity index (χ1) is 11.2. The Morgan fingerprint density at radius 1 is 1.39 bits per heavy atom. The van der Waals surface area contributed by atoms with Crippen LogP contribution in [0.4, 0.5) is 10.8 Å². The largest absolute Gasteiger partial charge is 0.326 e. The maximum absolute atomic E-state index is 12.1. The molecule has 6 nitrogen and oxygen atoms in total. The van der Waals surface area contributed by atoms with Gasteiger partial charge in [0.15, 0.2) is 0 Å². The smallest absolute Gasteiger partial charge is 0.227 e. The molecule has 120 valence electrons. The van der Waals surface area contributed by atoms with Crippen molar-refractivity contribution in [3.63, 3.8) is 0 Å². The van der Waals surface area contributed by atoms with E-state index in [4.69, 9.17) is 0 Å². The van der Waals surface area contributed by atoms with Crippen LogP contribution in [0.1, 0.15) is 30.3 Å². The molecule has 0 saturated carbocycles. The first-order valence-corrected chi connectivity index (χ1v) is 8.48. The lowest BCUT2D eigenvalue weighted by Crippen LogP contribution is -2.30. The number of carbonyl (C=O) groups excluding carboxylic acids is 2. The van der Waals surface area contributed by atoms with Gasteiger partial charge in [-0.15, -0.1) is 10.2 Å². The lowest BCUT2D eigenvalue weighted by atomic mass is 9.89. The maximum atomic E-state index is 12.1.